The van der Waals surface area contributed by atoms with Crippen LogP contribution in [0.4, 0.5) is 0 Å². The molecule has 1 fully saturated rings. The second-order valence-corrected chi connectivity index (χ2v) is 7.85. The van der Waals surface area contributed by atoms with E-state index in [-0.39, 0.29) is 12.5 Å². The van der Waals surface area contributed by atoms with Crippen LogP contribution in [0.5, 0.6) is 0 Å². The number of rotatable bonds is 6. The number of thiazole rings is 1. The third-order valence-electron chi connectivity index (χ3n) is 3.88. The molecule has 2 aromatic rings. The Balaban J connectivity index is 1.57. The molecule has 6 nitrogen and oxygen atoms in total. The van der Waals surface area contributed by atoms with Crippen molar-refractivity contribution in [1.29, 1.82) is 0 Å². The zero-order valence-electron chi connectivity index (χ0n) is 14.5. The van der Waals surface area contributed by atoms with Crippen molar-refractivity contribution in [2.45, 2.75) is 17.0 Å². The molecule has 0 atom stereocenters. The van der Waals surface area contributed by atoms with Gasteiger partial charge in [0, 0.05) is 29.9 Å². The summed E-state index contributed by atoms with van der Waals surface area (Å²) < 4.78 is 11.4. The number of morpholine rings is 1. The van der Waals surface area contributed by atoms with Gasteiger partial charge in [-0.15, -0.1) is 11.3 Å². The van der Waals surface area contributed by atoms with Crippen LogP contribution in [0.25, 0.3) is 0 Å². The van der Waals surface area contributed by atoms with Crippen molar-refractivity contribution in [2.24, 2.45) is 0 Å². The van der Waals surface area contributed by atoms with Crippen molar-refractivity contribution in [2.75, 3.05) is 32.9 Å². The first kappa shape index (κ1) is 18.9. The van der Waals surface area contributed by atoms with Gasteiger partial charge in [0.15, 0.2) is 6.61 Å². The average molecular weight is 393 g/mol. The summed E-state index contributed by atoms with van der Waals surface area (Å²) in [6.45, 7) is 3.84. The van der Waals surface area contributed by atoms with Crippen molar-refractivity contribution < 1.29 is 19.1 Å². The molecule has 8 heteroatoms. The molecule has 0 bridgehead atoms. The number of hydrogen-bond acceptors (Lipinski definition) is 7. The van der Waals surface area contributed by atoms with E-state index in [1.807, 2.05) is 24.4 Å². The number of amides is 1. The summed E-state index contributed by atoms with van der Waals surface area (Å²) in [5.41, 5.74) is 2.35. The number of esters is 1. The minimum absolute atomic E-state index is 0.188. The monoisotopic (exact) mass is 392 g/mol. The summed E-state index contributed by atoms with van der Waals surface area (Å²) in [4.78, 5) is 30.6. The Morgan fingerprint density at radius 3 is 2.81 bits per heavy atom. The lowest BCUT2D eigenvalue weighted by atomic mass is 10.1. The predicted octanol–water partition coefficient (Wildman–Crippen LogP) is 2.76. The van der Waals surface area contributed by atoms with Crippen LogP contribution in [0.1, 0.15) is 21.6 Å². The SMILES string of the molecule is Cc1csc(SCc2ccccc2C(=O)OCC(=O)N2CCOCC2)n1. The summed E-state index contributed by atoms with van der Waals surface area (Å²) in [7, 11) is 0. The smallest absolute Gasteiger partial charge is 0.338 e. The third kappa shape index (κ3) is 5.06. The summed E-state index contributed by atoms with van der Waals surface area (Å²) in [6, 6.07) is 7.30. The Labute approximate surface area is 160 Å². The maximum Gasteiger partial charge on any atom is 0.338 e. The van der Waals surface area contributed by atoms with Crippen molar-refractivity contribution in [3.8, 4) is 0 Å². The van der Waals surface area contributed by atoms with Gasteiger partial charge in [-0.05, 0) is 18.6 Å². The maximum atomic E-state index is 12.4. The number of nitrogens with zero attached hydrogens (tertiary/aromatic N) is 2. The predicted molar refractivity (Wildman–Crippen MR) is 101 cm³/mol. The van der Waals surface area contributed by atoms with Crippen LogP contribution in [0.3, 0.4) is 0 Å². The highest BCUT2D eigenvalue weighted by atomic mass is 32.2. The Kier molecular flexibility index (Phi) is 6.65. The van der Waals surface area contributed by atoms with Crippen LogP contribution in [-0.2, 0) is 20.0 Å². The lowest BCUT2D eigenvalue weighted by molar-refractivity contribution is -0.138. The molecule has 0 spiro atoms. The van der Waals surface area contributed by atoms with Crippen molar-refractivity contribution in [3.63, 3.8) is 0 Å². The van der Waals surface area contributed by atoms with Crippen LogP contribution >= 0.6 is 23.1 Å². The van der Waals surface area contributed by atoms with E-state index in [2.05, 4.69) is 4.98 Å². The summed E-state index contributed by atoms with van der Waals surface area (Å²) >= 11 is 3.17. The molecule has 1 saturated heterocycles. The molecule has 3 rings (SSSR count). The van der Waals surface area contributed by atoms with Crippen LogP contribution in [0, 0.1) is 6.92 Å². The first-order valence-electron chi connectivity index (χ1n) is 8.29. The minimum atomic E-state index is -0.474. The molecule has 1 aromatic carbocycles. The molecule has 138 valence electrons. The standard InChI is InChI=1S/C18H20N2O4S2/c1-13-11-25-18(19-13)26-12-14-4-2-3-5-15(14)17(22)24-10-16(21)20-6-8-23-9-7-20/h2-5,11H,6-10,12H2,1H3. The van der Waals surface area contributed by atoms with E-state index < -0.39 is 5.97 Å². The van der Waals surface area contributed by atoms with Gasteiger partial charge in [0.05, 0.1) is 18.8 Å². The number of carbonyl (C=O) groups excluding carboxylic acids is 2. The van der Waals surface area contributed by atoms with Crippen LogP contribution < -0.4 is 0 Å². The number of ether oxygens (including phenoxy) is 2. The number of hydrogen-bond donors (Lipinski definition) is 0. The number of benzene rings is 1. The Morgan fingerprint density at radius 1 is 1.31 bits per heavy atom. The lowest BCUT2D eigenvalue weighted by Gasteiger charge is -2.26. The molecule has 1 aliphatic heterocycles. The lowest BCUT2D eigenvalue weighted by Crippen LogP contribution is -2.42. The van der Waals surface area contributed by atoms with Crippen LogP contribution in [0.2, 0.25) is 0 Å². The van der Waals surface area contributed by atoms with E-state index in [0.717, 1.165) is 15.6 Å². The highest BCUT2D eigenvalue weighted by molar-refractivity contribution is 8.00. The normalized spacial score (nSPS) is 14.3. The summed E-state index contributed by atoms with van der Waals surface area (Å²) in [5, 5.41) is 2.00. The van der Waals surface area contributed by atoms with E-state index in [9.17, 15) is 9.59 Å². The summed E-state index contributed by atoms with van der Waals surface area (Å²) in [6.07, 6.45) is 0. The van der Waals surface area contributed by atoms with E-state index in [4.69, 9.17) is 9.47 Å². The largest absolute Gasteiger partial charge is 0.452 e. The van der Waals surface area contributed by atoms with Gasteiger partial charge in [-0.2, -0.15) is 0 Å². The fraction of sp³-hybridized carbons (Fsp3) is 0.389. The third-order valence-corrected chi connectivity index (χ3v) is 6.06. The molecule has 0 N–H and O–H groups in total. The molecular formula is C18H20N2O4S2. The Bertz CT molecular complexity index is 772. The molecule has 1 aromatic heterocycles. The number of carbonyl (C=O) groups is 2. The van der Waals surface area contributed by atoms with E-state index in [0.29, 0.717) is 37.6 Å². The molecular weight excluding hydrogens is 372 g/mol. The molecule has 0 aliphatic carbocycles. The van der Waals surface area contributed by atoms with Crippen molar-refractivity contribution in [1.82, 2.24) is 9.88 Å². The topological polar surface area (TPSA) is 68.7 Å². The molecule has 0 radical (unpaired) electrons. The molecule has 1 amide bonds. The fourth-order valence-electron chi connectivity index (χ4n) is 2.49. The highest BCUT2D eigenvalue weighted by Crippen LogP contribution is 2.27. The average Bonchev–Trinajstić information content (AvgIpc) is 3.10. The molecule has 0 unspecified atom stereocenters. The zero-order valence-corrected chi connectivity index (χ0v) is 16.1. The zero-order chi connectivity index (χ0) is 18.4. The highest BCUT2D eigenvalue weighted by Gasteiger charge is 2.20. The number of thioether (sulfide) groups is 1. The molecule has 1 aliphatic rings. The molecule has 26 heavy (non-hydrogen) atoms. The van der Waals surface area contributed by atoms with Crippen LogP contribution in [0.15, 0.2) is 34.0 Å². The Morgan fingerprint density at radius 2 is 2.08 bits per heavy atom. The number of aromatic nitrogens is 1. The van der Waals surface area contributed by atoms with Gasteiger partial charge in [0.25, 0.3) is 5.91 Å². The fourth-order valence-corrected chi connectivity index (χ4v) is 4.35. The van der Waals surface area contributed by atoms with Gasteiger partial charge in [0.2, 0.25) is 0 Å². The van der Waals surface area contributed by atoms with Gasteiger partial charge in [-0.25, -0.2) is 9.78 Å². The minimum Gasteiger partial charge on any atom is -0.452 e. The van der Waals surface area contributed by atoms with Crippen molar-refractivity contribution >= 4 is 35.0 Å². The van der Waals surface area contributed by atoms with Crippen LogP contribution in [-0.4, -0.2) is 54.7 Å². The first-order chi connectivity index (χ1) is 12.6. The maximum absolute atomic E-state index is 12.4. The molecule has 0 saturated carbocycles. The summed E-state index contributed by atoms with van der Waals surface area (Å²) in [5.74, 6) is -0.0415. The quantitative estimate of drug-likeness (QED) is 0.556. The molecule has 2 heterocycles. The van der Waals surface area contributed by atoms with E-state index >= 15 is 0 Å². The van der Waals surface area contributed by atoms with Crippen molar-refractivity contribution in [3.05, 3.63) is 46.5 Å². The van der Waals surface area contributed by atoms with E-state index in [1.165, 1.54) is 0 Å². The van der Waals surface area contributed by atoms with Gasteiger partial charge < -0.3 is 14.4 Å². The number of aryl methyl sites for hydroxylation is 1. The second-order valence-electron chi connectivity index (χ2n) is 5.77. The Hall–Kier alpha value is -1.90. The van der Waals surface area contributed by atoms with E-state index in [1.54, 1.807) is 40.1 Å². The van der Waals surface area contributed by atoms with Gasteiger partial charge in [0.1, 0.15) is 4.34 Å². The first-order valence-corrected chi connectivity index (χ1v) is 10.2. The van der Waals surface area contributed by atoms with Gasteiger partial charge in [-0.3, -0.25) is 4.79 Å². The van der Waals surface area contributed by atoms with Gasteiger partial charge >= 0.3 is 5.97 Å². The second kappa shape index (κ2) is 9.16. The van der Waals surface area contributed by atoms with Gasteiger partial charge in [-0.1, -0.05) is 30.0 Å².